The van der Waals surface area contributed by atoms with Crippen LogP contribution in [0.2, 0.25) is 0 Å². The molecule has 0 aromatic heterocycles. The molecule has 0 saturated carbocycles. The minimum atomic E-state index is -5.17. The van der Waals surface area contributed by atoms with Crippen molar-refractivity contribution in [2.75, 3.05) is 0 Å². The summed E-state index contributed by atoms with van der Waals surface area (Å²) < 4.78 is 136. The van der Waals surface area contributed by atoms with E-state index in [-0.39, 0.29) is 151 Å². The van der Waals surface area contributed by atoms with Gasteiger partial charge in [0.15, 0.2) is 0 Å². The molecular weight excluding hydrogens is 545 g/mol. The van der Waals surface area contributed by atoms with Crippen LogP contribution in [0.4, 0.5) is 0 Å². The fraction of sp³-hybridized carbons (Fsp3) is 0. The second-order valence-electron chi connectivity index (χ2n) is 1.63. The Morgan fingerprint density at radius 1 is 0.292 bits per heavy atom. The molecule has 0 aliphatic carbocycles. The van der Waals surface area contributed by atoms with Crippen molar-refractivity contribution in [3.05, 3.63) is 0 Å². The Morgan fingerprint density at radius 2 is 0.292 bits per heavy atom. The van der Waals surface area contributed by atoms with E-state index in [4.69, 9.17) is 70.1 Å². The molecule has 0 fully saturated rings. The average molecular weight is 545 g/mol. The van der Waals surface area contributed by atoms with Crippen LogP contribution in [-0.4, -0.2) is 221 Å². The van der Waals surface area contributed by atoms with Gasteiger partial charge in [0.2, 0.25) is 0 Å². The zero-order valence-corrected chi connectivity index (χ0v) is 23.1. The van der Waals surface area contributed by atoms with Crippen LogP contribution >= 0.6 is 0 Å². The Kier molecular flexibility index (Phi) is 50.9. The number of rotatable bonds is 0. The van der Waals surface area contributed by atoms with Gasteiger partial charge in [-0.25, -0.2) is 0 Å². The zero-order valence-electron chi connectivity index (χ0n) is 11.0. The van der Waals surface area contributed by atoms with Crippen LogP contribution in [0.5, 0.6) is 0 Å². The summed E-state index contributed by atoms with van der Waals surface area (Å²) in [7, 11) is -20.7. The predicted octanol–water partition coefficient (Wildman–Crippen LogP) is -6.88. The topological polar surface area (TPSA) is 321 Å². The molecule has 0 amide bonds. The van der Waals surface area contributed by atoms with Crippen LogP contribution in [0, 0.1) is 0 Å². The molecule has 0 aromatic rings. The van der Waals surface area contributed by atoms with Gasteiger partial charge in [-0.1, -0.05) is 0 Å². The van der Waals surface area contributed by atoms with Gasteiger partial charge in [0.05, 0.1) is 0 Å². The molecule has 128 valence electrons. The molecule has 24 heteroatoms. The predicted molar refractivity (Wildman–Crippen MR) is 64.9 cm³/mol. The van der Waals surface area contributed by atoms with Crippen LogP contribution in [0.25, 0.3) is 0 Å². The summed E-state index contributed by atoms with van der Waals surface area (Å²) in [4.78, 5) is 0. The Hall–Kier alpha value is 4.52. The second-order valence-corrected chi connectivity index (χ2v) is 4.90. The van der Waals surface area contributed by atoms with E-state index >= 15 is 0 Å². The maximum absolute atomic E-state index is 8.52. The van der Waals surface area contributed by atoms with Gasteiger partial charge in [0, 0.05) is 41.6 Å². The van der Waals surface area contributed by atoms with Crippen LogP contribution in [0.15, 0.2) is 0 Å². The first-order valence-corrected chi connectivity index (χ1v) is 8.00. The first-order valence-electron chi connectivity index (χ1n) is 2.67. The van der Waals surface area contributed by atoms with Crippen molar-refractivity contribution in [2.24, 2.45) is 0 Å². The number of hydrogen-bond acceptors (Lipinski definition) is 16. The molecule has 0 aromatic carbocycles. The summed E-state index contributed by atoms with van der Waals surface area (Å²) in [5, 5.41) is 0. The molecule has 0 heterocycles. The van der Waals surface area contributed by atoms with Crippen LogP contribution < -0.4 is 0 Å². The summed E-state index contributed by atoms with van der Waals surface area (Å²) in [6.45, 7) is 0. The molecule has 0 saturated heterocycles. The third-order valence-corrected chi connectivity index (χ3v) is 0. The van der Waals surface area contributed by atoms with Crippen LogP contribution in [0.3, 0.4) is 0 Å². The van der Waals surface area contributed by atoms with Crippen LogP contribution in [0.1, 0.15) is 0 Å². The van der Waals surface area contributed by atoms with Gasteiger partial charge in [0.1, 0.15) is 0 Å². The molecular formula is Ca4O16S4. The minimum absolute atomic E-state index is 0. The van der Waals surface area contributed by atoms with Crippen molar-refractivity contribution in [2.45, 2.75) is 0 Å². The molecule has 0 N–H and O–H groups in total. The standard InChI is InChI=1S/4Ca.4H2O4S/c;;;;4*1-5(2,3)4/h;;;;4*(H2,1,2,3,4)/q4*+2;;;;/p-8. The maximum atomic E-state index is 8.52. The quantitative estimate of drug-likeness (QED) is 0.155. The van der Waals surface area contributed by atoms with Gasteiger partial charge in [-0.2, -0.15) is 0 Å². The first-order chi connectivity index (χ1) is 8.00. The molecule has 16 nitrogen and oxygen atoms in total. The molecule has 0 aliphatic heterocycles. The van der Waals surface area contributed by atoms with Crippen molar-refractivity contribution in [1.29, 1.82) is 0 Å². The van der Waals surface area contributed by atoms with Crippen molar-refractivity contribution in [3.63, 3.8) is 0 Å². The largest absolute Gasteiger partial charge is 2.00 e. The SMILES string of the molecule is O=S(=O)([O-])[O-].O=S(=O)([O-])[O-].O=S(=O)([O-])[O-].O=S(=O)([O-])[O-].[Ca+2].[Ca+2].[Ca+2].[Ca+2]. The second kappa shape index (κ2) is 23.8. The smallest absolute Gasteiger partial charge is 0.759 e. The molecule has 0 spiro atoms. The molecule has 0 rings (SSSR count). The van der Waals surface area contributed by atoms with E-state index in [9.17, 15) is 0 Å². The summed E-state index contributed by atoms with van der Waals surface area (Å²) in [5.74, 6) is 0. The van der Waals surface area contributed by atoms with Crippen molar-refractivity contribution in [1.82, 2.24) is 0 Å². The minimum Gasteiger partial charge on any atom is -0.759 e. The maximum Gasteiger partial charge on any atom is 2.00 e. The van der Waals surface area contributed by atoms with Gasteiger partial charge in [-0.05, 0) is 0 Å². The molecule has 0 radical (unpaired) electrons. The molecule has 24 heavy (non-hydrogen) atoms. The van der Waals surface area contributed by atoms with Gasteiger partial charge in [-0.3, -0.25) is 33.7 Å². The van der Waals surface area contributed by atoms with E-state index in [1.165, 1.54) is 0 Å². The summed E-state index contributed by atoms with van der Waals surface area (Å²) in [5.41, 5.74) is 0. The van der Waals surface area contributed by atoms with Crippen molar-refractivity contribution >= 4 is 193 Å². The number of hydrogen-bond donors (Lipinski definition) is 0. The molecule has 0 bridgehead atoms. The Labute approximate surface area is 256 Å². The van der Waals surface area contributed by atoms with Crippen molar-refractivity contribution < 1.29 is 70.1 Å². The van der Waals surface area contributed by atoms with Crippen molar-refractivity contribution in [3.8, 4) is 0 Å². The van der Waals surface area contributed by atoms with Gasteiger partial charge >= 0.3 is 151 Å². The summed E-state index contributed by atoms with van der Waals surface area (Å²) in [6, 6.07) is 0. The third-order valence-electron chi connectivity index (χ3n) is 0. The van der Waals surface area contributed by atoms with Crippen LogP contribution in [-0.2, 0) is 41.6 Å². The van der Waals surface area contributed by atoms with E-state index in [2.05, 4.69) is 0 Å². The Bertz CT molecular complexity index is 483. The fourth-order valence-electron chi connectivity index (χ4n) is 0. The van der Waals surface area contributed by atoms with E-state index in [0.717, 1.165) is 0 Å². The summed E-state index contributed by atoms with van der Waals surface area (Å²) >= 11 is 0. The van der Waals surface area contributed by atoms with E-state index in [1.807, 2.05) is 0 Å². The van der Waals surface area contributed by atoms with E-state index in [0.29, 0.717) is 0 Å². The summed E-state index contributed by atoms with van der Waals surface area (Å²) in [6.07, 6.45) is 0. The van der Waals surface area contributed by atoms with E-state index < -0.39 is 41.6 Å². The van der Waals surface area contributed by atoms with Gasteiger partial charge < -0.3 is 36.4 Å². The molecule has 0 aliphatic rings. The first kappa shape index (κ1) is 51.3. The van der Waals surface area contributed by atoms with Gasteiger partial charge in [0.25, 0.3) is 0 Å². The van der Waals surface area contributed by atoms with Gasteiger partial charge in [-0.15, -0.1) is 0 Å². The van der Waals surface area contributed by atoms with E-state index in [1.54, 1.807) is 0 Å². The Morgan fingerprint density at radius 3 is 0.292 bits per heavy atom. The third kappa shape index (κ3) is 846. The average Bonchev–Trinajstić information content (AvgIpc) is 1.62. The molecule has 0 unspecified atom stereocenters. The zero-order chi connectivity index (χ0) is 18.0. The normalized spacial score (nSPS) is 9.67. The fourth-order valence-corrected chi connectivity index (χ4v) is 0. The molecule has 0 atom stereocenters. The monoisotopic (exact) mass is 544 g/mol. The Balaban J connectivity index is -0.0000000225.